The number of hydrogen-bond acceptors (Lipinski definition) is 5. The number of amides is 2. The fraction of sp³-hybridized carbons (Fsp3) is 0.353. The number of ether oxygens (including phenoxy) is 1. The average molecular weight is 397 g/mol. The Balaban J connectivity index is 1.98. The molecule has 0 aromatic heterocycles. The van der Waals surface area contributed by atoms with Crippen LogP contribution in [0.2, 0.25) is 10.0 Å². The number of nitrogens with zero attached hydrogens (tertiary/aromatic N) is 3. The van der Waals surface area contributed by atoms with Crippen LogP contribution in [0.5, 0.6) is 0 Å². The summed E-state index contributed by atoms with van der Waals surface area (Å²) < 4.78 is 4.96. The Kier molecular flexibility index (Phi) is 7.13. The van der Waals surface area contributed by atoms with E-state index in [2.05, 4.69) is 5.32 Å². The van der Waals surface area contributed by atoms with E-state index in [0.717, 1.165) is 0 Å². The monoisotopic (exact) mass is 396 g/mol. The molecule has 0 bridgehead atoms. The number of piperazine rings is 1. The molecule has 7 nitrogen and oxygen atoms in total. The molecule has 1 N–H and O–H groups in total. The van der Waals surface area contributed by atoms with E-state index < -0.39 is 5.91 Å². The molecule has 0 aliphatic carbocycles. The summed E-state index contributed by atoms with van der Waals surface area (Å²) in [7, 11) is 0. The van der Waals surface area contributed by atoms with Crippen LogP contribution in [0, 0.1) is 11.3 Å². The zero-order valence-corrected chi connectivity index (χ0v) is 15.7. The molecule has 1 fully saturated rings. The minimum atomic E-state index is -0.565. The molecule has 9 heteroatoms. The highest BCUT2D eigenvalue weighted by atomic mass is 35.5. The lowest BCUT2D eigenvalue weighted by atomic mass is 10.2. The maximum atomic E-state index is 12.3. The standard InChI is InChI=1S/C17H18Cl2N4O3/c1-2-26-17(25)23-7-5-22(6-8-23)11-12(10-20)16(24)21-15-4-3-13(18)9-14(15)19/h3-4,9,11H,2,5-8H2,1H3,(H,21,24)/b12-11-. The van der Waals surface area contributed by atoms with Crippen molar-refractivity contribution in [2.75, 3.05) is 38.1 Å². The van der Waals surface area contributed by atoms with Gasteiger partial charge >= 0.3 is 6.09 Å². The highest BCUT2D eigenvalue weighted by molar-refractivity contribution is 6.36. The van der Waals surface area contributed by atoms with Gasteiger partial charge in [0.25, 0.3) is 5.91 Å². The normalized spacial score (nSPS) is 14.6. The molecule has 1 aliphatic rings. The lowest BCUT2D eigenvalue weighted by Crippen LogP contribution is -2.47. The van der Waals surface area contributed by atoms with Crippen LogP contribution in [0.3, 0.4) is 0 Å². The second-order valence-corrected chi connectivity index (χ2v) is 6.30. The number of benzene rings is 1. The predicted molar refractivity (Wildman–Crippen MR) is 99.0 cm³/mol. The van der Waals surface area contributed by atoms with Gasteiger partial charge in [-0.25, -0.2) is 4.79 Å². The Morgan fingerprint density at radius 3 is 2.58 bits per heavy atom. The maximum Gasteiger partial charge on any atom is 0.409 e. The number of carbonyl (C=O) groups is 2. The van der Waals surface area contributed by atoms with Gasteiger partial charge in [-0.1, -0.05) is 23.2 Å². The number of halogens is 2. The van der Waals surface area contributed by atoms with Crippen molar-refractivity contribution >= 4 is 40.9 Å². The Labute approximate surface area is 161 Å². The number of hydrogen-bond donors (Lipinski definition) is 1. The van der Waals surface area contributed by atoms with E-state index in [-0.39, 0.29) is 16.7 Å². The van der Waals surface area contributed by atoms with E-state index in [1.165, 1.54) is 12.3 Å². The molecule has 0 atom stereocenters. The average Bonchev–Trinajstić information content (AvgIpc) is 2.62. The molecule has 2 rings (SSSR count). The largest absolute Gasteiger partial charge is 0.450 e. The number of nitrogens with one attached hydrogen (secondary N) is 1. The molecule has 1 heterocycles. The number of nitriles is 1. The van der Waals surface area contributed by atoms with Crippen molar-refractivity contribution in [3.63, 3.8) is 0 Å². The van der Waals surface area contributed by atoms with Crippen molar-refractivity contribution < 1.29 is 14.3 Å². The summed E-state index contributed by atoms with van der Waals surface area (Å²) in [4.78, 5) is 27.4. The van der Waals surface area contributed by atoms with Gasteiger partial charge in [-0.15, -0.1) is 0 Å². The van der Waals surface area contributed by atoms with Gasteiger partial charge in [0.05, 0.1) is 17.3 Å². The Morgan fingerprint density at radius 2 is 2.00 bits per heavy atom. The van der Waals surface area contributed by atoms with Crippen LogP contribution >= 0.6 is 23.2 Å². The van der Waals surface area contributed by atoms with Crippen LogP contribution in [0.1, 0.15) is 6.92 Å². The summed E-state index contributed by atoms with van der Waals surface area (Å²) in [5.74, 6) is -0.565. The SMILES string of the molecule is CCOC(=O)N1CCN(/C=C(/C#N)C(=O)Nc2ccc(Cl)cc2Cl)CC1. The van der Waals surface area contributed by atoms with Gasteiger partial charge in [-0.3, -0.25) is 4.79 Å². The summed E-state index contributed by atoms with van der Waals surface area (Å²) in [5, 5.41) is 12.6. The summed E-state index contributed by atoms with van der Waals surface area (Å²) in [6.45, 7) is 3.99. The van der Waals surface area contributed by atoms with Crippen LogP contribution in [0.15, 0.2) is 30.0 Å². The predicted octanol–water partition coefficient (Wildman–Crippen LogP) is 3.11. The van der Waals surface area contributed by atoms with Crippen molar-refractivity contribution in [2.45, 2.75) is 6.92 Å². The summed E-state index contributed by atoms with van der Waals surface area (Å²) in [6.07, 6.45) is 1.13. The van der Waals surface area contributed by atoms with Crippen LogP contribution < -0.4 is 5.32 Å². The first-order valence-electron chi connectivity index (χ1n) is 7.98. The third kappa shape index (κ3) is 5.28. The molecule has 0 unspecified atom stereocenters. The van der Waals surface area contributed by atoms with Gasteiger partial charge in [0.15, 0.2) is 0 Å². The third-order valence-electron chi connectivity index (χ3n) is 3.70. The summed E-state index contributed by atoms with van der Waals surface area (Å²) in [6, 6.07) is 6.55. The third-order valence-corrected chi connectivity index (χ3v) is 4.24. The molecular weight excluding hydrogens is 379 g/mol. The van der Waals surface area contributed by atoms with E-state index in [0.29, 0.717) is 43.5 Å². The van der Waals surface area contributed by atoms with Gasteiger partial charge in [-0.05, 0) is 25.1 Å². The quantitative estimate of drug-likeness (QED) is 0.623. The smallest absolute Gasteiger partial charge is 0.409 e. The second kappa shape index (κ2) is 9.32. The number of anilines is 1. The van der Waals surface area contributed by atoms with Crippen molar-refractivity contribution in [3.8, 4) is 6.07 Å². The van der Waals surface area contributed by atoms with Crippen molar-refractivity contribution in [1.29, 1.82) is 5.26 Å². The van der Waals surface area contributed by atoms with Crippen molar-refractivity contribution in [2.24, 2.45) is 0 Å². The lowest BCUT2D eigenvalue weighted by Gasteiger charge is -2.33. The molecule has 0 saturated carbocycles. The number of carbonyl (C=O) groups excluding carboxylic acids is 2. The molecule has 0 radical (unpaired) electrons. The van der Waals surface area contributed by atoms with Crippen molar-refractivity contribution in [1.82, 2.24) is 9.80 Å². The van der Waals surface area contributed by atoms with Crippen molar-refractivity contribution in [3.05, 3.63) is 40.0 Å². The van der Waals surface area contributed by atoms with Crippen LogP contribution in [0.4, 0.5) is 10.5 Å². The molecule has 138 valence electrons. The highest BCUT2D eigenvalue weighted by Crippen LogP contribution is 2.25. The first kappa shape index (κ1) is 19.9. The maximum absolute atomic E-state index is 12.3. The number of rotatable bonds is 4. The lowest BCUT2D eigenvalue weighted by molar-refractivity contribution is -0.112. The zero-order chi connectivity index (χ0) is 19.1. The van der Waals surface area contributed by atoms with E-state index in [4.69, 9.17) is 27.9 Å². The van der Waals surface area contributed by atoms with Crippen LogP contribution in [-0.2, 0) is 9.53 Å². The Bertz CT molecular complexity index is 753. The zero-order valence-electron chi connectivity index (χ0n) is 14.2. The van der Waals surface area contributed by atoms with Gasteiger partial charge in [0, 0.05) is 37.4 Å². The van der Waals surface area contributed by atoms with Gasteiger partial charge in [-0.2, -0.15) is 5.26 Å². The fourth-order valence-electron chi connectivity index (χ4n) is 2.35. The molecule has 1 aliphatic heterocycles. The first-order chi connectivity index (χ1) is 12.4. The van der Waals surface area contributed by atoms with Gasteiger partial charge in [0.1, 0.15) is 11.6 Å². The van der Waals surface area contributed by atoms with E-state index in [1.54, 1.807) is 24.0 Å². The second-order valence-electron chi connectivity index (χ2n) is 5.45. The van der Waals surface area contributed by atoms with Crippen LogP contribution in [0.25, 0.3) is 0 Å². The van der Waals surface area contributed by atoms with Gasteiger partial charge < -0.3 is 19.9 Å². The fourth-order valence-corrected chi connectivity index (χ4v) is 2.81. The molecule has 1 aromatic rings. The molecule has 2 amide bonds. The Morgan fingerprint density at radius 1 is 1.31 bits per heavy atom. The minimum Gasteiger partial charge on any atom is -0.450 e. The topological polar surface area (TPSA) is 85.7 Å². The molecule has 1 aromatic carbocycles. The molecule has 26 heavy (non-hydrogen) atoms. The molecule has 0 spiro atoms. The molecule has 1 saturated heterocycles. The van der Waals surface area contributed by atoms with Crippen LogP contribution in [-0.4, -0.2) is 54.6 Å². The minimum absolute atomic E-state index is 0.0550. The van der Waals surface area contributed by atoms with E-state index in [1.807, 2.05) is 11.0 Å². The molecular formula is C17H18Cl2N4O3. The highest BCUT2D eigenvalue weighted by Gasteiger charge is 2.21. The Hall–Kier alpha value is -2.43. The first-order valence-corrected chi connectivity index (χ1v) is 8.74. The van der Waals surface area contributed by atoms with Gasteiger partial charge in [0.2, 0.25) is 0 Å². The summed E-state index contributed by atoms with van der Waals surface area (Å²) in [5.41, 5.74) is 0.315. The van der Waals surface area contributed by atoms with E-state index in [9.17, 15) is 14.9 Å². The summed E-state index contributed by atoms with van der Waals surface area (Å²) >= 11 is 11.8. The van der Waals surface area contributed by atoms with E-state index >= 15 is 0 Å².